The molecule has 0 bridgehead atoms. The van der Waals surface area contributed by atoms with Crippen LogP contribution in [-0.2, 0) is 6.54 Å². The zero-order valence-corrected chi connectivity index (χ0v) is 12.1. The fourth-order valence-electron chi connectivity index (χ4n) is 1.65. The van der Waals surface area contributed by atoms with Gasteiger partial charge < -0.3 is 10.4 Å². The van der Waals surface area contributed by atoms with Gasteiger partial charge in [0.1, 0.15) is 16.5 Å². The Balaban J connectivity index is 2.19. The highest BCUT2D eigenvalue weighted by molar-refractivity contribution is 7.12. The molecule has 0 aliphatic rings. The number of aromatic nitrogens is 1. The number of hydrogen-bond acceptors (Lipinski definition) is 4. The fourth-order valence-corrected chi connectivity index (χ4v) is 2.79. The third-order valence-electron chi connectivity index (χ3n) is 2.74. The summed E-state index contributed by atoms with van der Waals surface area (Å²) < 4.78 is 0. The molecule has 0 radical (unpaired) electrons. The lowest BCUT2D eigenvalue weighted by atomic mass is 10.2. The predicted molar refractivity (Wildman–Crippen MR) is 77.3 cm³/mol. The zero-order valence-electron chi connectivity index (χ0n) is 10.5. The highest BCUT2D eigenvalue weighted by atomic mass is 35.5. The number of nitrogens with one attached hydrogen (secondary N) is 1. The van der Waals surface area contributed by atoms with Gasteiger partial charge in [-0.15, -0.1) is 11.3 Å². The molecule has 2 N–H and O–H groups in total. The molecule has 0 aliphatic heterocycles. The summed E-state index contributed by atoms with van der Waals surface area (Å²) in [6.07, 6.45) is 0. The molecule has 0 spiro atoms. The molecule has 0 saturated carbocycles. The van der Waals surface area contributed by atoms with Crippen molar-refractivity contribution in [1.82, 2.24) is 4.98 Å². The van der Waals surface area contributed by atoms with E-state index in [9.17, 15) is 4.79 Å². The minimum atomic E-state index is -1.02. The normalized spacial score (nSPS) is 10.5. The quantitative estimate of drug-likeness (QED) is 0.844. The molecule has 0 aliphatic carbocycles. The largest absolute Gasteiger partial charge is 0.478 e. The summed E-state index contributed by atoms with van der Waals surface area (Å²) in [6.45, 7) is 4.65. The number of pyridine rings is 1. The number of nitrogens with zero attached hydrogens (tertiary/aromatic N) is 1. The predicted octanol–water partition coefficient (Wildman–Crippen LogP) is 3.72. The molecule has 0 unspecified atom stereocenters. The van der Waals surface area contributed by atoms with E-state index in [0.29, 0.717) is 12.4 Å². The summed E-state index contributed by atoms with van der Waals surface area (Å²) in [4.78, 5) is 17.5. The van der Waals surface area contributed by atoms with Gasteiger partial charge in [-0.2, -0.15) is 0 Å². The van der Waals surface area contributed by atoms with Crippen molar-refractivity contribution in [3.05, 3.63) is 44.2 Å². The van der Waals surface area contributed by atoms with Gasteiger partial charge in [0.2, 0.25) is 0 Å². The van der Waals surface area contributed by atoms with E-state index in [0.717, 1.165) is 4.88 Å². The van der Waals surface area contributed by atoms with Crippen LogP contribution in [0.2, 0.25) is 5.15 Å². The summed E-state index contributed by atoms with van der Waals surface area (Å²) >= 11 is 7.47. The Bertz CT molecular complexity index is 606. The van der Waals surface area contributed by atoms with Crippen molar-refractivity contribution in [1.29, 1.82) is 0 Å². The van der Waals surface area contributed by atoms with E-state index in [1.807, 2.05) is 0 Å². The van der Waals surface area contributed by atoms with E-state index in [2.05, 4.69) is 30.2 Å². The standard InChI is InChI=1S/C13H13ClN2O2S/c1-7-5-9(19-8(7)2)6-15-12-10(13(17)18)3-4-11(14)16-12/h3-5H,6H2,1-2H3,(H,15,16)(H,17,18). The third-order valence-corrected chi connectivity index (χ3v) is 4.10. The van der Waals surface area contributed by atoms with Gasteiger partial charge in [0, 0.05) is 9.75 Å². The molecule has 2 heterocycles. The maximum Gasteiger partial charge on any atom is 0.339 e. The first-order valence-corrected chi connectivity index (χ1v) is 6.86. The second-order valence-electron chi connectivity index (χ2n) is 4.14. The molecule has 100 valence electrons. The monoisotopic (exact) mass is 296 g/mol. The van der Waals surface area contributed by atoms with Gasteiger partial charge in [-0.05, 0) is 37.6 Å². The van der Waals surface area contributed by atoms with Crippen LogP contribution in [0, 0.1) is 13.8 Å². The van der Waals surface area contributed by atoms with Gasteiger partial charge in [0.05, 0.1) is 6.54 Å². The Morgan fingerprint density at radius 2 is 2.21 bits per heavy atom. The van der Waals surface area contributed by atoms with E-state index in [1.54, 1.807) is 11.3 Å². The summed E-state index contributed by atoms with van der Waals surface area (Å²) in [5, 5.41) is 12.4. The van der Waals surface area contributed by atoms with Crippen molar-refractivity contribution < 1.29 is 9.90 Å². The van der Waals surface area contributed by atoms with Crippen LogP contribution in [-0.4, -0.2) is 16.1 Å². The second kappa shape index (κ2) is 5.59. The van der Waals surface area contributed by atoms with Crippen LogP contribution >= 0.6 is 22.9 Å². The maximum atomic E-state index is 11.1. The van der Waals surface area contributed by atoms with Gasteiger partial charge in [0.25, 0.3) is 0 Å². The first-order chi connectivity index (χ1) is 8.97. The Hall–Kier alpha value is -1.59. The molecule has 0 fully saturated rings. The van der Waals surface area contributed by atoms with Crippen molar-refractivity contribution in [2.75, 3.05) is 5.32 Å². The molecule has 19 heavy (non-hydrogen) atoms. The molecular formula is C13H13ClN2O2S. The average Bonchev–Trinajstić information content (AvgIpc) is 2.66. The van der Waals surface area contributed by atoms with E-state index >= 15 is 0 Å². The molecular weight excluding hydrogens is 284 g/mol. The Kier molecular flexibility index (Phi) is 4.07. The van der Waals surface area contributed by atoms with Crippen molar-refractivity contribution in [3.63, 3.8) is 0 Å². The SMILES string of the molecule is Cc1cc(CNc2nc(Cl)ccc2C(=O)O)sc1C. The smallest absolute Gasteiger partial charge is 0.339 e. The Labute approximate surface area is 120 Å². The van der Waals surface area contributed by atoms with Crippen LogP contribution in [0.1, 0.15) is 25.7 Å². The van der Waals surface area contributed by atoms with E-state index in [1.165, 1.54) is 22.6 Å². The first-order valence-electron chi connectivity index (χ1n) is 5.67. The number of anilines is 1. The van der Waals surface area contributed by atoms with Crippen LogP contribution in [0.4, 0.5) is 5.82 Å². The van der Waals surface area contributed by atoms with Gasteiger partial charge in [-0.3, -0.25) is 0 Å². The van der Waals surface area contributed by atoms with E-state index < -0.39 is 5.97 Å². The van der Waals surface area contributed by atoms with Crippen molar-refractivity contribution in [2.24, 2.45) is 0 Å². The third kappa shape index (κ3) is 3.24. The number of carboxylic acids is 1. The number of thiophene rings is 1. The van der Waals surface area contributed by atoms with Crippen molar-refractivity contribution in [3.8, 4) is 0 Å². The average molecular weight is 297 g/mol. The number of aryl methyl sites for hydroxylation is 2. The second-order valence-corrected chi connectivity index (χ2v) is 5.87. The van der Waals surface area contributed by atoms with Crippen LogP contribution in [0.5, 0.6) is 0 Å². The lowest BCUT2D eigenvalue weighted by Crippen LogP contribution is -2.07. The number of hydrogen-bond donors (Lipinski definition) is 2. The molecule has 6 heteroatoms. The number of aromatic carboxylic acids is 1. The molecule has 2 aromatic heterocycles. The summed E-state index contributed by atoms with van der Waals surface area (Å²) in [5.74, 6) is -0.728. The van der Waals surface area contributed by atoms with E-state index in [-0.39, 0.29) is 10.7 Å². The van der Waals surface area contributed by atoms with Crippen LogP contribution in [0.3, 0.4) is 0 Å². The number of carbonyl (C=O) groups is 1. The van der Waals surface area contributed by atoms with Gasteiger partial charge in [0.15, 0.2) is 0 Å². The number of rotatable bonds is 4. The van der Waals surface area contributed by atoms with Gasteiger partial charge in [-0.1, -0.05) is 11.6 Å². The molecule has 0 aromatic carbocycles. The molecule has 2 aromatic rings. The zero-order chi connectivity index (χ0) is 14.0. The lowest BCUT2D eigenvalue weighted by Gasteiger charge is -2.07. The summed E-state index contributed by atoms with van der Waals surface area (Å²) in [7, 11) is 0. The summed E-state index contributed by atoms with van der Waals surface area (Å²) in [6, 6.07) is 5.00. The Morgan fingerprint density at radius 1 is 1.47 bits per heavy atom. The highest BCUT2D eigenvalue weighted by Gasteiger charge is 2.12. The van der Waals surface area contributed by atoms with Gasteiger partial charge in [-0.25, -0.2) is 9.78 Å². The molecule has 4 nitrogen and oxygen atoms in total. The van der Waals surface area contributed by atoms with Crippen LogP contribution in [0.25, 0.3) is 0 Å². The molecule has 2 rings (SSSR count). The summed E-state index contributed by atoms with van der Waals surface area (Å²) in [5.41, 5.74) is 1.36. The fraction of sp³-hybridized carbons (Fsp3) is 0.231. The minimum absolute atomic E-state index is 0.120. The van der Waals surface area contributed by atoms with Crippen LogP contribution in [0.15, 0.2) is 18.2 Å². The van der Waals surface area contributed by atoms with Crippen LogP contribution < -0.4 is 5.32 Å². The Morgan fingerprint density at radius 3 is 2.79 bits per heavy atom. The van der Waals surface area contributed by atoms with Crippen molar-refractivity contribution in [2.45, 2.75) is 20.4 Å². The van der Waals surface area contributed by atoms with Crippen molar-refractivity contribution >= 4 is 34.7 Å². The molecule has 0 atom stereocenters. The topological polar surface area (TPSA) is 62.2 Å². The highest BCUT2D eigenvalue weighted by Crippen LogP contribution is 2.23. The molecule has 0 saturated heterocycles. The lowest BCUT2D eigenvalue weighted by molar-refractivity contribution is 0.0697. The minimum Gasteiger partial charge on any atom is -0.478 e. The van der Waals surface area contributed by atoms with Gasteiger partial charge >= 0.3 is 5.97 Å². The van der Waals surface area contributed by atoms with E-state index in [4.69, 9.17) is 16.7 Å². The molecule has 0 amide bonds. The number of carboxylic acid groups (broad SMARTS) is 1. The maximum absolute atomic E-state index is 11.1. The number of halogens is 1. The first kappa shape index (κ1) is 13.8.